The first-order valence-electron chi connectivity index (χ1n) is 7.87. The second kappa shape index (κ2) is 7.64. The Bertz CT molecular complexity index is 811. The van der Waals surface area contributed by atoms with Crippen LogP contribution in [0.3, 0.4) is 0 Å². The Morgan fingerprint density at radius 2 is 1.72 bits per heavy atom. The van der Waals surface area contributed by atoms with Crippen molar-refractivity contribution in [2.75, 3.05) is 6.54 Å². The van der Waals surface area contributed by atoms with Crippen LogP contribution in [-0.2, 0) is 17.9 Å². The van der Waals surface area contributed by atoms with Gasteiger partial charge in [0.25, 0.3) is 0 Å². The van der Waals surface area contributed by atoms with Crippen molar-refractivity contribution in [1.82, 2.24) is 24.9 Å². The lowest BCUT2D eigenvalue weighted by atomic mass is 10.3. The molecular weight excluding hydrogens is 348 g/mol. The summed E-state index contributed by atoms with van der Waals surface area (Å²) in [4.78, 5) is 22.5. The molecule has 0 fully saturated rings. The number of carbonyl (C=O) groups excluding carboxylic acids is 1. The van der Waals surface area contributed by atoms with Crippen molar-refractivity contribution in [2.45, 2.75) is 47.2 Å². The van der Waals surface area contributed by atoms with Crippen LogP contribution in [0.4, 0.5) is 5.69 Å². The summed E-state index contributed by atoms with van der Waals surface area (Å²) in [6, 6.07) is 0. The number of rotatable bonds is 7. The van der Waals surface area contributed by atoms with Crippen LogP contribution in [0.15, 0.2) is 0 Å². The zero-order chi connectivity index (χ0) is 18.7. The fourth-order valence-electron chi connectivity index (χ4n) is 2.66. The number of nitrogens with zero attached hydrogens (tertiary/aromatic N) is 5. The standard InChI is InChI=1S/C15H21ClN6O3/c1-9-14(16)11(3)20(18-9)7-5-13(23)17-6-8-21-12(4)15(22(24)25)10(2)19-21/h5-8H2,1-4H3,(H,17,23). The Balaban J connectivity index is 1.84. The molecule has 2 heterocycles. The fraction of sp³-hybridized carbons (Fsp3) is 0.533. The minimum Gasteiger partial charge on any atom is -0.354 e. The van der Waals surface area contributed by atoms with E-state index in [4.69, 9.17) is 11.6 Å². The monoisotopic (exact) mass is 368 g/mol. The van der Waals surface area contributed by atoms with Crippen LogP contribution in [0.25, 0.3) is 0 Å². The highest BCUT2D eigenvalue weighted by Crippen LogP contribution is 2.21. The molecule has 0 atom stereocenters. The van der Waals surface area contributed by atoms with Gasteiger partial charge in [-0.15, -0.1) is 0 Å². The highest BCUT2D eigenvalue weighted by molar-refractivity contribution is 6.31. The topological polar surface area (TPSA) is 108 Å². The van der Waals surface area contributed by atoms with E-state index in [0.717, 1.165) is 11.4 Å². The smallest absolute Gasteiger partial charge is 0.312 e. The summed E-state index contributed by atoms with van der Waals surface area (Å²) in [5, 5.41) is 22.8. The van der Waals surface area contributed by atoms with Gasteiger partial charge in [-0.2, -0.15) is 10.2 Å². The Kier molecular flexibility index (Phi) is 5.78. The van der Waals surface area contributed by atoms with Gasteiger partial charge in [0.1, 0.15) is 11.4 Å². The van der Waals surface area contributed by atoms with Crippen molar-refractivity contribution in [3.8, 4) is 0 Å². The molecule has 0 bridgehead atoms. The van der Waals surface area contributed by atoms with Gasteiger partial charge < -0.3 is 5.32 Å². The number of aryl methyl sites for hydroxylation is 3. The maximum Gasteiger partial charge on any atom is 0.312 e. The number of hydrogen-bond donors (Lipinski definition) is 1. The summed E-state index contributed by atoms with van der Waals surface area (Å²) >= 11 is 6.08. The van der Waals surface area contributed by atoms with Gasteiger partial charge in [-0.1, -0.05) is 11.6 Å². The molecule has 2 rings (SSSR count). The Morgan fingerprint density at radius 1 is 1.12 bits per heavy atom. The van der Waals surface area contributed by atoms with Gasteiger partial charge in [0.15, 0.2) is 0 Å². The molecule has 0 aliphatic heterocycles. The molecule has 0 radical (unpaired) electrons. The van der Waals surface area contributed by atoms with E-state index >= 15 is 0 Å². The molecule has 0 aliphatic carbocycles. The zero-order valence-electron chi connectivity index (χ0n) is 14.7. The average molecular weight is 369 g/mol. The SMILES string of the molecule is Cc1nn(CCC(=O)NCCn2nc(C)c([N+](=O)[O-])c2C)c(C)c1Cl. The van der Waals surface area contributed by atoms with Gasteiger partial charge in [-0.25, -0.2) is 0 Å². The van der Waals surface area contributed by atoms with E-state index in [2.05, 4.69) is 15.5 Å². The molecule has 136 valence electrons. The highest BCUT2D eigenvalue weighted by atomic mass is 35.5. The number of hydrogen-bond acceptors (Lipinski definition) is 5. The third-order valence-electron chi connectivity index (χ3n) is 4.02. The summed E-state index contributed by atoms with van der Waals surface area (Å²) in [7, 11) is 0. The highest BCUT2D eigenvalue weighted by Gasteiger charge is 2.21. The largest absolute Gasteiger partial charge is 0.354 e. The third kappa shape index (κ3) is 4.16. The second-order valence-corrected chi connectivity index (χ2v) is 6.19. The van der Waals surface area contributed by atoms with Crippen molar-refractivity contribution in [3.05, 3.63) is 37.9 Å². The maximum atomic E-state index is 12.0. The Hall–Kier alpha value is -2.42. The zero-order valence-corrected chi connectivity index (χ0v) is 15.4. The van der Waals surface area contributed by atoms with Gasteiger partial charge in [-0.05, 0) is 27.7 Å². The molecule has 25 heavy (non-hydrogen) atoms. The summed E-state index contributed by atoms with van der Waals surface area (Å²) in [5.74, 6) is -0.125. The summed E-state index contributed by atoms with van der Waals surface area (Å²) in [6.45, 7) is 8.08. The summed E-state index contributed by atoms with van der Waals surface area (Å²) in [6.07, 6.45) is 0.273. The second-order valence-electron chi connectivity index (χ2n) is 5.81. The predicted molar refractivity (Wildman–Crippen MR) is 92.7 cm³/mol. The third-order valence-corrected chi connectivity index (χ3v) is 4.56. The van der Waals surface area contributed by atoms with Crippen molar-refractivity contribution in [1.29, 1.82) is 0 Å². The van der Waals surface area contributed by atoms with E-state index in [9.17, 15) is 14.9 Å². The van der Waals surface area contributed by atoms with E-state index in [1.807, 2.05) is 13.8 Å². The molecule has 0 aromatic carbocycles. The molecule has 0 saturated heterocycles. The Morgan fingerprint density at radius 3 is 2.24 bits per heavy atom. The molecule has 0 spiro atoms. The normalized spacial score (nSPS) is 10.9. The lowest BCUT2D eigenvalue weighted by molar-refractivity contribution is -0.386. The lowest BCUT2D eigenvalue weighted by Crippen LogP contribution is -2.28. The summed E-state index contributed by atoms with van der Waals surface area (Å²) in [5.41, 5.74) is 2.45. The lowest BCUT2D eigenvalue weighted by Gasteiger charge is -2.07. The molecule has 9 nitrogen and oxygen atoms in total. The van der Waals surface area contributed by atoms with Gasteiger partial charge in [0, 0.05) is 13.0 Å². The number of halogens is 1. The predicted octanol–water partition coefficient (Wildman–Crippen LogP) is 2.08. The fourth-order valence-corrected chi connectivity index (χ4v) is 2.79. The molecule has 0 unspecified atom stereocenters. The van der Waals surface area contributed by atoms with E-state index in [0.29, 0.717) is 36.0 Å². The van der Waals surface area contributed by atoms with Crippen LogP contribution < -0.4 is 5.32 Å². The summed E-state index contributed by atoms with van der Waals surface area (Å²) < 4.78 is 3.25. The number of carbonyl (C=O) groups is 1. The first-order valence-corrected chi connectivity index (χ1v) is 8.24. The molecule has 1 amide bonds. The number of nitro groups is 1. The average Bonchev–Trinajstić information content (AvgIpc) is 2.96. The first kappa shape index (κ1) is 18.9. The van der Waals surface area contributed by atoms with Crippen molar-refractivity contribution in [3.63, 3.8) is 0 Å². The van der Waals surface area contributed by atoms with Crippen LogP contribution in [0.5, 0.6) is 0 Å². The van der Waals surface area contributed by atoms with E-state index in [1.165, 1.54) is 4.68 Å². The minimum absolute atomic E-state index is 0.0210. The van der Waals surface area contributed by atoms with E-state index < -0.39 is 4.92 Å². The molecule has 2 aromatic rings. The number of nitrogens with one attached hydrogen (secondary N) is 1. The van der Waals surface area contributed by atoms with Gasteiger partial charge in [0.2, 0.25) is 5.91 Å². The molecule has 0 aliphatic rings. The van der Waals surface area contributed by atoms with Crippen molar-refractivity contribution >= 4 is 23.2 Å². The molecule has 0 saturated carbocycles. The van der Waals surface area contributed by atoms with Crippen molar-refractivity contribution < 1.29 is 9.72 Å². The Labute approximate surface area is 150 Å². The van der Waals surface area contributed by atoms with E-state index in [-0.39, 0.29) is 18.0 Å². The maximum absolute atomic E-state index is 12.0. The van der Waals surface area contributed by atoms with Crippen LogP contribution in [0, 0.1) is 37.8 Å². The first-order chi connectivity index (χ1) is 11.7. The molecule has 1 N–H and O–H groups in total. The van der Waals surface area contributed by atoms with Crippen LogP contribution in [0.1, 0.15) is 29.2 Å². The van der Waals surface area contributed by atoms with Gasteiger partial charge >= 0.3 is 5.69 Å². The number of amides is 1. The molecule has 10 heteroatoms. The molecule has 2 aromatic heterocycles. The minimum atomic E-state index is -0.438. The van der Waals surface area contributed by atoms with Crippen LogP contribution in [0.2, 0.25) is 5.02 Å². The van der Waals surface area contributed by atoms with Crippen LogP contribution in [-0.4, -0.2) is 36.9 Å². The molecular formula is C15H21ClN6O3. The van der Waals surface area contributed by atoms with Gasteiger partial charge in [0.05, 0.1) is 34.4 Å². The van der Waals surface area contributed by atoms with Crippen LogP contribution >= 0.6 is 11.6 Å². The number of aromatic nitrogens is 4. The van der Waals surface area contributed by atoms with Crippen molar-refractivity contribution in [2.24, 2.45) is 0 Å². The quantitative estimate of drug-likeness (QED) is 0.594. The van der Waals surface area contributed by atoms with E-state index in [1.54, 1.807) is 18.5 Å². The van der Waals surface area contributed by atoms with Gasteiger partial charge in [-0.3, -0.25) is 24.3 Å².